The number of rotatable bonds is 5. The average Bonchev–Trinajstić information content (AvgIpc) is 3.11. The average molecular weight is 325 g/mol. The largest absolute Gasteiger partial charge is 0.346 e. The van der Waals surface area contributed by atoms with Gasteiger partial charge in [-0.15, -0.1) is 11.3 Å². The minimum absolute atomic E-state index is 0.0250. The number of amides is 1. The number of carbonyl (C=O) groups excluding carboxylic acids is 1. The van der Waals surface area contributed by atoms with Gasteiger partial charge in [-0.2, -0.15) is 0 Å². The molecule has 0 fully saturated rings. The smallest absolute Gasteiger partial charge is 0.244 e. The van der Waals surface area contributed by atoms with Gasteiger partial charge in [-0.05, 0) is 66.3 Å². The number of carbonyl (C=O) groups is 1. The first kappa shape index (κ1) is 16.0. The number of thiophene rings is 1. The van der Waals surface area contributed by atoms with Crippen molar-refractivity contribution in [3.63, 3.8) is 0 Å². The molecule has 1 unspecified atom stereocenters. The molecule has 0 saturated carbocycles. The lowest BCUT2D eigenvalue weighted by Crippen LogP contribution is -2.26. The SMILES string of the molecule is CCC(NC(=O)/C=C/c1cccs1)c1ccc2c(c1)CCCC2. The summed E-state index contributed by atoms with van der Waals surface area (Å²) < 4.78 is 0. The predicted molar refractivity (Wildman–Crippen MR) is 97.6 cm³/mol. The summed E-state index contributed by atoms with van der Waals surface area (Å²) in [7, 11) is 0. The molecule has 1 aromatic heterocycles. The predicted octanol–water partition coefficient (Wildman–Crippen LogP) is 4.91. The second-order valence-corrected chi connectivity index (χ2v) is 7.03. The molecule has 1 heterocycles. The van der Waals surface area contributed by atoms with Gasteiger partial charge in [0, 0.05) is 11.0 Å². The molecule has 1 N–H and O–H groups in total. The molecule has 0 bridgehead atoms. The number of benzene rings is 1. The summed E-state index contributed by atoms with van der Waals surface area (Å²) in [6.45, 7) is 2.12. The van der Waals surface area contributed by atoms with E-state index in [2.05, 4.69) is 30.4 Å². The Balaban J connectivity index is 1.68. The zero-order valence-electron chi connectivity index (χ0n) is 13.5. The van der Waals surface area contributed by atoms with Gasteiger partial charge in [-0.25, -0.2) is 0 Å². The minimum atomic E-state index is -0.0250. The van der Waals surface area contributed by atoms with Gasteiger partial charge >= 0.3 is 0 Å². The minimum Gasteiger partial charge on any atom is -0.346 e. The summed E-state index contributed by atoms with van der Waals surface area (Å²) >= 11 is 1.63. The van der Waals surface area contributed by atoms with Crippen molar-refractivity contribution < 1.29 is 4.79 Å². The van der Waals surface area contributed by atoms with E-state index in [1.807, 2.05) is 23.6 Å². The van der Waals surface area contributed by atoms with Crippen LogP contribution >= 0.6 is 11.3 Å². The zero-order chi connectivity index (χ0) is 16.1. The third-order valence-corrected chi connectivity index (χ3v) is 5.28. The monoisotopic (exact) mass is 325 g/mol. The van der Waals surface area contributed by atoms with Crippen LogP contribution in [-0.2, 0) is 17.6 Å². The van der Waals surface area contributed by atoms with E-state index in [1.165, 1.54) is 42.4 Å². The van der Waals surface area contributed by atoms with E-state index in [1.54, 1.807) is 17.4 Å². The molecule has 3 heteroatoms. The Hall–Kier alpha value is -1.87. The highest BCUT2D eigenvalue weighted by molar-refractivity contribution is 7.10. The van der Waals surface area contributed by atoms with Crippen molar-refractivity contribution in [3.05, 3.63) is 63.4 Å². The van der Waals surface area contributed by atoms with Gasteiger partial charge in [0.1, 0.15) is 0 Å². The summed E-state index contributed by atoms with van der Waals surface area (Å²) in [5.74, 6) is -0.0250. The van der Waals surface area contributed by atoms with Crippen molar-refractivity contribution in [2.75, 3.05) is 0 Å². The zero-order valence-corrected chi connectivity index (χ0v) is 14.4. The van der Waals surface area contributed by atoms with E-state index >= 15 is 0 Å². The molecular formula is C20H23NOS. The molecule has 1 atom stereocenters. The third-order valence-electron chi connectivity index (χ3n) is 4.44. The van der Waals surface area contributed by atoms with Crippen molar-refractivity contribution in [1.82, 2.24) is 5.32 Å². The lowest BCUT2D eigenvalue weighted by Gasteiger charge is -2.21. The van der Waals surface area contributed by atoms with E-state index in [0.717, 1.165) is 11.3 Å². The standard InChI is InChI=1S/C20H23NOS/c1-2-19(21-20(22)12-11-18-8-5-13-23-18)17-10-9-15-6-3-4-7-16(15)14-17/h5,8-14,19H,2-4,6-7H2,1H3,(H,21,22)/b12-11+. The van der Waals surface area contributed by atoms with Crippen LogP contribution in [0.15, 0.2) is 41.8 Å². The van der Waals surface area contributed by atoms with E-state index in [9.17, 15) is 4.79 Å². The molecule has 0 aliphatic heterocycles. The van der Waals surface area contributed by atoms with Gasteiger partial charge in [0.05, 0.1) is 6.04 Å². The maximum absolute atomic E-state index is 12.2. The van der Waals surface area contributed by atoms with Crippen LogP contribution in [0.2, 0.25) is 0 Å². The van der Waals surface area contributed by atoms with E-state index in [0.29, 0.717) is 0 Å². The van der Waals surface area contributed by atoms with Crippen LogP contribution < -0.4 is 5.32 Å². The Bertz CT molecular complexity index is 688. The molecule has 120 valence electrons. The van der Waals surface area contributed by atoms with Crippen LogP contribution in [0.1, 0.15) is 53.8 Å². The fraction of sp³-hybridized carbons (Fsp3) is 0.350. The number of hydrogen-bond donors (Lipinski definition) is 1. The fourth-order valence-electron chi connectivity index (χ4n) is 3.15. The van der Waals surface area contributed by atoms with Crippen LogP contribution in [-0.4, -0.2) is 5.91 Å². The lowest BCUT2D eigenvalue weighted by molar-refractivity contribution is -0.117. The van der Waals surface area contributed by atoms with Crippen LogP contribution in [0, 0.1) is 0 Å². The Morgan fingerprint density at radius 3 is 2.83 bits per heavy atom. The molecule has 1 amide bonds. The summed E-state index contributed by atoms with van der Waals surface area (Å²) in [6, 6.07) is 10.8. The van der Waals surface area contributed by atoms with Gasteiger partial charge in [0.15, 0.2) is 0 Å². The second kappa shape index (κ2) is 7.60. The van der Waals surface area contributed by atoms with Crippen LogP contribution in [0.25, 0.3) is 6.08 Å². The van der Waals surface area contributed by atoms with Gasteiger partial charge < -0.3 is 5.32 Å². The Kier molecular flexibility index (Phi) is 5.29. The Morgan fingerprint density at radius 2 is 2.09 bits per heavy atom. The Labute approximate surface area is 142 Å². The first-order chi connectivity index (χ1) is 11.3. The molecule has 0 spiro atoms. The van der Waals surface area contributed by atoms with Crippen molar-refractivity contribution in [2.24, 2.45) is 0 Å². The summed E-state index contributed by atoms with van der Waals surface area (Å²) in [5.41, 5.74) is 4.18. The Morgan fingerprint density at radius 1 is 1.26 bits per heavy atom. The maximum Gasteiger partial charge on any atom is 0.244 e. The molecule has 2 aromatic rings. The molecule has 1 aromatic carbocycles. The van der Waals surface area contributed by atoms with Gasteiger partial charge in [-0.3, -0.25) is 4.79 Å². The van der Waals surface area contributed by atoms with Crippen LogP contribution in [0.5, 0.6) is 0 Å². The first-order valence-electron chi connectivity index (χ1n) is 8.40. The van der Waals surface area contributed by atoms with Crippen LogP contribution in [0.3, 0.4) is 0 Å². The van der Waals surface area contributed by atoms with E-state index in [4.69, 9.17) is 0 Å². The normalized spacial score (nSPS) is 15.3. The molecule has 0 radical (unpaired) electrons. The molecule has 0 saturated heterocycles. The van der Waals surface area contributed by atoms with E-state index in [-0.39, 0.29) is 11.9 Å². The van der Waals surface area contributed by atoms with Crippen molar-refractivity contribution in [1.29, 1.82) is 0 Å². The number of nitrogens with one attached hydrogen (secondary N) is 1. The summed E-state index contributed by atoms with van der Waals surface area (Å²) in [6.07, 6.45) is 9.36. The molecule has 1 aliphatic carbocycles. The quantitative estimate of drug-likeness (QED) is 0.778. The topological polar surface area (TPSA) is 29.1 Å². The first-order valence-corrected chi connectivity index (χ1v) is 9.28. The summed E-state index contributed by atoms with van der Waals surface area (Å²) in [5, 5.41) is 5.14. The molecule has 2 nitrogen and oxygen atoms in total. The maximum atomic E-state index is 12.2. The highest BCUT2D eigenvalue weighted by Crippen LogP contribution is 2.26. The van der Waals surface area contributed by atoms with Crippen molar-refractivity contribution in [3.8, 4) is 0 Å². The molecule has 3 rings (SSSR count). The van der Waals surface area contributed by atoms with Gasteiger partial charge in [0.25, 0.3) is 0 Å². The van der Waals surface area contributed by atoms with Gasteiger partial charge in [0.2, 0.25) is 5.91 Å². The molecular weight excluding hydrogens is 302 g/mol. The number of fused-ring (bicyclic) bond motifs is 1. The molecule has 23 heavy (non-hydrogen) atoms. The highest BCUT2D eigenvalue weighted by Gasteiger charge is 2.15. The van der Waals surface area contributed by atoms with Crippen LogP contribution in [0.4, 0.5) is 0 Å². The van der Waals surface area contributed by atoms with Crippen molar-refractivity contribution in [2.45, 2.75) is 45.1 Å². The molecule has 1 aliphatic rings. The highest BCUT2D eigenvalue weighted by atomic mass is 32.1. The second-order valence-electron chi connectivity index (χ2n) is 6.05. The third kappa shape index (κ3) is 4.11. The lowest BCUT2D eigenvalue weighted by atomic mass is 9.89. The summed E-state index contributed by atoms with van der Waals surface area (Å²) in [4.78, 5) is 13.3. The number of aryl methyl sites for hydroxylation is 2. The fourth-order valence-corrected chi connectivity index (χ4v) is 3.77. The van der Waals surface area contributed by atoms with Gasteiger partial charge in [-0.1, -0.05) is 31.2 Å². The van der Waals surface area contributed by atoms with E-state index < -0.39 is 0 Å². The van der Waals surface area contributed by atoms with Crippen molar-refractivity contribution >= 4 is 23.3 Å². The number of hydrogen-bond acceptors (Lipinski definition) is 2.